The normalized spacial score (nSPS) is 17.6. The second-order valence-corrected chi connectivity index (χ2v) is 10.9. The van der Waals surface area contributed by atoms with Crippen molar-refractivity contribution in [2.24, 2.45) is 4.99 Å². The fraction of sp³-hybridized carbons (Fsp3) is 0.448. The number of aromatic nitrogens is 3. The van der Waals surface area contributed by atoms with Crippen LogP contribution in [0, 0.1) is 0 Å². The molecule has 0 spiro atoms. The number of nitrogens with zero attached hydrogens (tertiary/aromatic N) is 6. The largest absolute Gasteiger partial charge is 0.362 e. The number of benzene rings is 1. The van der Waals surface area contributed by atoms with E-state index in [1.807, 2.05) is 50.3 Å². The lowest BCUT2D eigenvalue weighted by Gasteiger charge is -2.31. The van der Waals surface area contributed by atoms with E-state index in [9.17, 15) is 13.6 Å². The van der Waals surface area contributed by atoms with Gasteiger partial charge in [-0.2, -0.15) is 5.10 Å². The van der Waals surface area contributed by atoms with E-state index >= 15 is 0 Å². The van der Waals surface area contributed by atoms with Gasteiger partial charge in [0.15, 0.2) is 5.69 Å². The highest BCUT2D eigenvalue weighted by Gasteiger charge is 2.33. The molecule has 0 atom stereocenters. The van der Waals surface area contributed by atoms with E-state index in [4.69, 9.17) is 0 Å². The molecule has 1 saturated heterocycles. The quantitative estimate of drug-likeness (QED) is 0.439. The highest BCUT2D eigenvalue weighted by molar-refractivity contribution is 6.06. The van der Waals surface area contributed by atoms with Crippen LogP contribution in [0.15, 0.2) is 53.5 Å². The first-order chi connectivity index (χ1) is 19.2. The number of aromatic amines is 1. The molecule has 212 valence electrons. The van der Waals surface area contributed by atoms with Gasteiger partial charge in [0.25, 0.3) is 11.8 Å². The standard InChI is InChI=1S/C29H36F2N8O/c1-37(2)12-13-38(3)26-7-5-23(18-33-26)34-28(40)27-24-15-21(4-6-25(24)35-36-27)22-14-20(16-32-17-22)19-39-10-8-29(30,31)9-11-39/h4,6,14-18H,5,7-13,19H2,1-3H3,(H,34,40)(H,35,36). The van der Waals surface area contributed by atoms with Crippen molar-refractivity contribution in [3.8, 4) is 11.1 Å². The Morgan fingerprint density at radius 1 is 1.07 bits per heavy atom. The third-order valence-corrected chi connectivity index (χ3v) is 7.48. The first kappa shape index (κ1) is 27.9. The van der Waals surface area contributed by atoms with Crippen molar-refractivity contribution >= 4 is 22.6 Å². The predicted octanol–water partition coefficient (Wildman–Crippen LogP) is 4.11. The van der Waals surface area contributed by atoms with Gasteiger partial charge < -0.3 is 15.1 Å². The summed E-state index contributed by atoms with van der Waals surface area (Å²) in [6.45, 7) is 3.14. The van der Waals surface area contributed by atoms with Gasteiger partial charge in [-0.3, -0.25) is 19.8 Å². The Labute approximate surface area is 233 Å². The van der Waals surface area contributed by atoms with Crippen LogP contribution in [0.1, 0.15) is 41.7 Å². The Bertz CT molecular complexity index is 1420. The van der Waals surface area contributed by atoms with Gasteiger partial charge in [0.1, 0.15) is 5.84 Å². The molecule has 0 saturated carbocycles. The molecular formula is C29H36F2N8O. The fourth-order valence-corrected chi connectivity index (χ4v) is 4.99. The molecule has 2 N–H and O–H groups in total. The number of hydrogen-bond donors (Lipinski definition) is 2. The number of likely N-dealkylation sites (tertiary alicyclic amines) is 1. The minimum atomic E-state index is -2.56. The van der Waals surface area contributed by atoms with Gasteiger partial charge in [-0.1, -0.05) is 6.07 Å². The average molecular weight is 551 g/mol. The van der Waals surface area contributed by atoms with Gasteiger partial charge in [-0.15, -0.1) is 0 Å². The van der Waals surface area contributed by atoms with Gasteiger partial charge >= 0.3 is 0 Å². The van der Waals surface area contributed by atoms with Gasteiger partial charge in [0.2, 0.25) is 0 Å². The molecule has 11 heteroatoms. The zero-order valence-electron chi connectivity index (χ0n) is 23.3. The second-order valence-electron chi connectivity index (χ2n) is 10.9. The van der Waals surface area contributed by atoms with E-state index in [-0.39, 0.29) is 18.7 Å². The number of carbonyl (C=O) groups excluding carboxylic acids is 1. The van der Waals surface area contributed by atoms with E-state index < -0.39 is 5.92 Å². The summed E-state index contributed by atoms with van der Waals surface area (Å²) in [6, 6.07) is 7.81. The molecule has 2 aromatic heterocycles. The lowest BCUT2D eigenvalue weighted by atomic mass is 10.0. The molecule has 1 amide bonds. The molecule has 2 aliphatic heterocycles. The lowest BCUT2D eigenvalue weighted by molar-refractivity contribution is -0.0566. The molecule has 2 aliphatic rings. The number of allylic oxidation sites excluding steroid dienone is 1. The number of piperidine rings is 1. The van der Waals surface area contributed by atoms with E-state index in [2.05, 4.69) is 35.3 Å². The fourth-order valence-electron chi connectivity index (χ4n) is 4.99. The number of nitrogens with one attached hydrogen (secondary N) is 2. The number of pyridine rings is 1. The monoisotopic (exact) mass is 550 g/mol. The number of rotatable bonds is 8. The third-order valence-electron chi connectivity index (χ3n) is 7.48. The summed E-state index contributed by atoms with van der Waals surface area (Å²) in [4.78, 5) is 28.5. The lowest BCUT2D eigenvalue weighted by Crippen LogP contribution is -2.38. The molecule has 0 bridgehead atoms. The minimum absolute atomic E-state index is 0.111. The maximum absolute atomic E-state index is 13.5. The summed E-state index contributed by atoms with van der Waals surface area (Å²) in [6.07, 6.45) is 6.50. The van der Waals surface area contributed by atoms with Crippen LogP contribution in [0.5, 0.6) is 0 Å². The summed E-state index contributed by atoms with van der Waals surface area (Å²) in [5.74, 6) is -1.85. The van der Waals surface area contributed by atoms with Gasteiger partial charge in [-0.25, -0.2) is 13.8 Å². The van der Waals surface area contributed by atoms with Crippen molar-refractivity contribution in [3.05, 3.63) is 59.8 Å². The van der Waals surface area contributed by atoms with E-state index in [1.54, 1.807) is 18.6 Å². The number of hydrogen-bond acceptors (Lipinski definition) is 7. The Kier molecular flexibility index (Phi) is 8.22. The topological polar surface area (TPSA) is 92.8 Å². The molecular weight excluding hydrogens is 514 g/mol. The van der Waals surface area contributed by atoms with Crippen LogP contribution in [0.2, 0.25) is 0 Å². The van der Waals surface area contributed by atoms with E-state index in [1.165, 1.54) is 0 Å². The van der Waals surface area contributed by atoms with Crippen molar-refractivity contribution in [1.82, 2.24) is 35.2 Å². The van der Waals surface area contributed by atoms with Crippen molar-refractivity contribution in [2.45, 2.75) is 38.2 Å². The highest BCUT2D eigenvalue weighted by Crippen LogP contribution is 2.29. The van der Waals surface area contributed by atoms with Crippen LogP contribution in [-0.2, 0) is 6.54 Å². The number of H-pyrrole nitrogens is 1. The molecule has 40 heavy (non-hydrogen) atoms. The zero-order valence-corrected chi connectivity index (χ0v) is 23.3. The minimum Gasteiger partial charge on any atom is -0.362 e. The highest BCUT2D eigenvalue weighted by atomic mass is 19.3. The van der Waals surface area contributed by atoms with Crippen molar-refractivity contribution < 1.29 is 13.6 Å². The second kappa shape index (κ2) is 11.8. The van der Waals surface area contributed by atoms with Crippen LogP contribution >= 0.6 is 0 Å². The van der Waals surface area contributed by atoms with Crippen LogP contribution in [0.4, 0.5) is 8.78 Å². The molecule has 3 aromatic rings. The van der Waals surface area contributed by atoms with Gasteiger partial charge in [0.05, 0.1) is 5.52 Å². The van der Waals surface area contributed by atoms with Crippen molar-refractivity contribution in [1.29, 1.82) is 0 Å². The van der Waals surface area contributed by atoms with E-state index in [0.717, 1.165) is 53.3 Å². The summed E-state index contributed by atoms with van der Waals surface area (Å²) < 4.78 is 27.1. The molecule has 1 fully saturated rings. The number of alkyl halides is 2. The van der Waals surface area contributed by atoms with E-state index in [0.29, 0.717) is 37.1 Å². The number of aliphatic imine (C=N–C) groups is 1. The average Bonchev–Trinajstić information content (AvgIpc) is 3.37. The number of amides is 1. The smallest absolute Gasteiger partial charge is 0.276 e. The Morgan fingerprint density at radius 2 is 1.88 bits per heavy atom. The summed E-state index contributed by atoms with van der Waals surface area (Å²) in [5.41, 5.74) is 4.58. The molecule has 9 nitrogen and oxygen atoms in total. The maximum Gasteiger partial charge on any atom is 0.276 e. The Morgan fingerprint density at radius 3 is 2.60 bits per heavy atom. The van der Waals surface area contributed by atoms with Crippen LogP contribution < -0.4 is 5.32 Å². The number of halogens is 2. The maximum atomic E-state index is 13.5. The third kappa shape index (κ3) is 6.71. The van der Waals surface area contributed by atoms with Crippen LogP contribution in [0.3, 0.4) is 0 Å². The van der Waals surface area contributed by atoms with Crippen molar-refractivity contribution in [2.75, 3.05) is 47.3 Å². The summed E-state index contributed by atoms with van der Waals surface area (Å²) in [7, 11) is 6.13. The Hall–Kier alpha value is -3.70. The molecule has 0 aliphatic carbocycles. The molecule has 1 aromatic carbocycles. The first-order valence-electron chi connectivity index (χ1n) is 13.6. The number of likely N-dealkylation sites (N-methyl/N-ethyl adjacent to an activating group) is 2. The number of carbonyl (C=O) groups is 1. The Balaban J connectivity index is 1.28. The van der Waals surface area contributed by atoms with Crippen LogP contribution in [-0.4, -0.2) is 94.9 Å². The van der Waals surface area contributed by atoms with Crippen LogP contribution in [0.25, 0.3) is 22.0 Å². The molecule has 0 unspecified atom stereocenters. The van der Waals surface area contributed by atoms with Crippen molar-refractivity contribution in [3.63, 3.8) is 0 Å². The zero-order chi connectivity index (χ0) is 28.3. The molecule has 4 heterocycles. The SMILES string of the molecule is CN(C)CCN(C)C1=NC=C(NC(=O)c2n[nH]c3ccc(-c4cncc(CN5CCC(F)(F)CC5)c4)cc23)CC1. The number of amidine groups is 1. The van der Waals surface area contributed by atoms with Gasteiger partial charge in [0, 0.05) is 94.3 Å². The molecule has 0 radical (unpaired) electrons. The first-order valence-corrected chi connectivity index (χ1v) is 13.6. The number of fused-ring (bicyclic) bond motifs is 1. The molecule has 5 rings (SSSR count). The predicted molar refractivity (Wildman–Crippen MR) is 152 cm³/mol. The van der Waals surface area contributed by atoms with Gasteiger partial charge in [-0.05, 0) is 49.8 Å². The summed E-state index contributed by atoms with van der Waals surface area (Å²) in [5, 5.41) is 10.9. The summed E-state index contributed by atoms with van der Waals surface area (Å²) >= 11 is 0.